The number of hydrogen-bond donors (Lipinski definition) is 1. The molecule has 1 N–H and O–H groups in total. The molecule has 3 rings (SSSR count). The summed E-state index contributed by atoms with van der Waals surface area (Å²) in [7, 11) is 0. The van der Waals surface area contributed by atoms with Crippen LogP contribution in [0.5, 0.6) is 0 Å². The number of amides is 1. The van der Waals surface area contributed by atoms with Crippen LogP contribution in [-0.2, 0) is 9.53 Å². The van der Waals surface area contributed by atoms with E-state index < -0.39 is 0 Å². The van der Waals surface area contributed by atoms with Gasteiger partial charge in [-0.25, -0.2) is 0 Å². The van der Waals surface area contributed by atoms with Crippen molar-refractivity contribution in [3.05, 3.63) is 54.1 Å². The Balaban J connectivity index is 2.20. The highest BCUT2D eigenvalue weighted by Gasteiger charge is 2.13. The molecule has 1 heterocycles. The summed E-state index contributed by atoms with van der Waals surface area (Å²) in [5, 5.41) is 4.83. The Kier molecular flexibility index (Phi) is 2.29. The van der Waals surface area contributed by atoms with Crippen molar-refractivity contribution in [2.45, 2.75) is 0 Å². The fourth-order valence-electron chi connectivity index (χ4n) is 1.99. The van der Waals surface area contributed by atoms with E-state index in [0.717, 1.165) is 16.3 Å². The van der Waals surface area contributed by atoms with Crippen LogP contribution in [-0.4, -0.2) is 12.6 Å². The number of hydrogen-bond acceptors (Lipinski definition) is 2. The van der Waals surface area contributed by atoms with Crippen LogP contribution >= 0.6 is 0 Å². The number of ether oxygens (including phenoxy) is 1. The third-order valence-electron chi connectivity index (χ3n) is 2.79. The minimum absolute atomic E-state index is 0.112. The van der Waals surface area contributed by atoms with Crippen molar-refractivity contribution < 1.29 is 9.53 Å². The zero-order chi connectivity index (χ0) is 11.7. The van der Waals surface area contributed by atoms with Crippen LogP contribution in [0.1, 0.15) is 5.56 Å². The van der Waals surface area contributed by atoms with Crippen molar-refractivity contribution in [1.82, 2.24) is 5.32 Å². The number of rotatable bonds is 1. The van der Waals surface area contributed by atoms with Gasteiger partial charge in [0.1, 0.15) is 5.76 Å². The van der Waals surface area contributed by atoms with Gasteiger partial charge in [0.25, 0.3) is 0 Å². The summed E-state index contributed by atoms with van der Waals surface area (Å²) in [6.07, 6.45) is 1.49. The van der Waals surface area contributed by atoms with E-state index in [1.165, 1.54) is 6.08 Å². The largest absolute Gasteiger partial charge is 0.472 e. The molecule has 0 unspecified atom stereocenters. The van der Waals surface area contributed by atoms with Crippen LogP contribution in [0.4, 0.5) is 0 Å². The second kappa shape index (κ2) is 3.94. The van der Waals surface area contributed by atoms with Gasteiger partial charge in [0, 0.05) is 11.6 Å². The van der Waals surface area contributed by atoms with Crippen LogP contribution < -0.4 is 5.32 Å². The molecule has 0 spiro atoms. The topological polar surface area (TPSA) is 38.3 Å². The predicted octanol–water partition coefficient (Wildman–Crippen LogP) is 2.28. The van der Waals surface area contributed by atoms with Crippen LogP contribution in [0.15, 0.2) is 48.5 Å². The summed E-state index contributed by atoms with van der Waals surface area (Å²) in [5.41, 5.74) is 0.956. The molecule has 0 saturated heterocycles. The molecule has 2 aromatic rings. The number of fused-ring (bicyclic) bond motifs is 1. The van der Waals surface area contributed by atoms with E-state index in [0.29, 0.717) is 5.76 Å². The molecule has 0 bridgehead atoms. The van der Waals surface area contributed by atoms with Gasteiger partial charge in [-0.3, -0.25) is 4.79 Å². The molecule has 3 heteroatoms. The molecular weight excluding hydrogens is 214 g/mol. The summed E-state index contributed by atoms with van der Waals surface area (Å²) in [6, 6.07) is 14.0. The molecule has 0 aliphatic carbocycles. The molecule has 3 nitrogen and oxygen atoms in total. The number of carbonyl (C=O) groups excluding carboxylic acids is 1. The summed E-state index contributed by atoms with van der Waals surface area (Å²) >= 11 is 0. The van der Waals surface area contributed by atoms with Crippen LogP contribution in [0.25, 0.3) is 16.5 Å². The Morgan fingerprint density at radius 2 is 1.88 bits per heavy atom. The van der Waals surface area contributed by atoms with Crippen LogP contribution in [0.2, 0.25) is 0 Å². The standard InChI is InChI=1S/C14H11NO2/c16-14-8-13(17-9-15-14)12-7-3-5-10-4-1-2-6-11(10)12/h1-8H,9H2,(H,15,16). The van der Waals surface area contributed by atoms with Gasteiger partial charge in [-0.2, -0.15) is 0 Å². The lowest BCUT2D eigenvalue weighted by Crippen LogP contribution is -2.28. The normalized spacial score (nSPS) is 15.1. The second-order valence-electron chi connectivity index (χ2n) is 3.86. The molecule has 0 atom stereocenters. The lowest BCUT2D eigenvalue weighted by Gasteiger charge is -2.17. The van der Waals surface area contributed by atoms with Crippen molar-refractivity contribution in [3.63, 3.8) is 0 Å². The van der Waals surface area contributed by atoms with Gasteiger partial charge >= 0.3 is 0 Å². The Hall–Kier alpha value is -2.29. The molecule has 2 aromatic carbocycles. The number of benzene rings is 2. The highest BCUT2D eigenvalue weighted by atomic mass is 16.5. The SMILES string of the molecule is O=C1C=C(c2cccc3ccccc23)OCN1. The third-order valence-corrected chi connectivity index (χ3v) is 2.79. The maximum Gasteiger partial charge on any atom is 0.250 e. The van der Waals surface area contributed by atoms with Crippen molar-refractivity contribution in [2.75, 3.05) is 6.73 Å². The van der Waals surface area contributed by atoms with Crippen LogP contribution in [0, 0.1) is 0 Å². The first-order valence-electron chi connectivity index (χ1n) is 5.45. The van der Waals surface area contributed by atoms with Gasteiger partial charge in [0.05, 0.1) is 0 Å². The fraction of sp³-hybridized carbons (Fsp3) is 0.0714. The minimum atomic E-state index is -0.112. The van der Waals surface area contributed by atoms with E-state index in [-0.39, 0.29) is 12.6 Å². The first-order valence-corrected chi connectivity index (χ1v) is 5.45. The molecule has 1 aliphatic heterocycles. The van der Waals surface area contributed by atoms with Crippen molar-refractivity contribution in [3.8, 4) is 0 Å². The molecule has 1 aliphatic rings. The molecule has 0 saturated carbocycles. The maximum absolute atomic E-state index is 11.3. The fourth-order valence-corrected chi connectivity index (χ4v) is 1.99. The summed E-state index contributed by atoms with van der Waals surface area (Å²) in [4.78, 5) is 11.3. The highest BCUT2D eigenvalue weighted by Crippen LogP contribution is 2.26. The van der Waals surface area contributed by atoms with Gasteiger partial charge in [-0.1, -0.05) is 42.5 Å². The van der Waals surface area contributed by atoms with Gasteiger partial charge < -0.3 is 10.1 Å². The minimum Gasteiger partial charge on any atom is -0.472 e. The van der Waals surface area contributed by atoms with E-state index in [1.54, 1.807) is 0 Å². The number of carbonyl (C=O) groups is 1. The Morgan fingerprint density at radius 1 is 1.06 bits per heavy atom. The lowest BCUT2D eigenvalue weighted by molar-refractivity contribution is -0.118. The average molecular weight is 225 g/mol. The zero-order valence-corrected chi connectivity index (χ0v) is 9.14. The van der Waals surface area contributed by atoms with Gasteiger partial charge in [-0.05, 0) is 10.8 Å². The first kappa shape index (κ1) is 9.90. The molecule has 0 aromatic heterocycles. The third kappa shape index (κ3) is 1.76. The second-order valence-corrected chi connectivity index (χ2v) is 3.86. The van der Waals surface area contributed by atoms with Gasteiger partial charge in [0.15, 0.2) is 6.73 Å². The lowest BCUT2D eigenvalue weighted by atomic mass is 10.0. The van der Waals surface area contributed by atoms with Crippen molar-refractivity contribution in [2.24, 2.45) is 0 Å². The van der Waals surface area contributed by atoms with E-state index in [1.807, 2.05) is 42.5 Å². The summed E-state index contributed by atoms with van der Waals surface area (Å²) < 4.78 is 5.47. The molecule has 17 heavy (non-hydrogen) atoms. The molecular formula is C14H11NO2. The van der Waals surface area contributed by atoms with Crippen molar-refractivity contribution in [1.29, 1.82) is 0 Å². The smallest absolute Gasteiger partial charge is 0.250 e. The van der Waals surface area contributed by atoms with Crippen LogP contribution in [0.3, 0.4) is 0 Å². The van der Waals surface area contributed by atoms with E-state index in [2.05, 4.69) is 5.32 Å². The Morgan fingerprint density at radius 3 is 2.76 bits per heavy atom. The van der Waals surface area contributed by atoms with Gasteiger partial charge in [-0.15, -0.1) is 0 Å². The maximum atomic E-state index is 11.3. The first-order chi connectivity index (χ1) is 8.34. The quantitative estimate of drug-likeness (QED) is 0.808. The summed E-state index contributed by atoms with van der Waals surface area (Å²) in [5.74, 6) is 0.518. The van der Waals surface area contributed by atoms with E-state index in [4.69, 9.17) is 4.74 Å². The molecule has 0 fully saturated rings. The monoisotopic (exact) mass is 225 g/mol. The van der Waals surface area contributed by atoms with Crippen molar-refractivity contribution >= 4 is 22.4 Å². The summed E-state index contributed by atoms with van der Waals surface area (Å²) in [6.45, 7) is 0.230. The number of nitrogens with one attached hydrogen (secondary N) is 1. The predicted molar refractivity (Wildman–Crippen MR) is 66.0 cm³/mol. The molecule has 1 amide bonds. The van der Waals surface area contributed by atoms with E-state index in [9.17, 15) is 4.79 Å². The molecule has 0 radical (unpaired) electrons. The van der Waals surface area contributed by atoms with Gasteiger partial charge in [0.2, 0.25) is 5.91 Å². The zero-order valence-electron chi connectivity index (χ0n) is 9.14. The highest BCUT2D eigenvalue weighted by molar-refractivity contribution is 6.00. The average Bonchev–Trinajstić information content (AvgIpc) is 2.38. The Bertz CT molecular complexity index is 611. The Labute approximate surface area is 98.7 Å². The molecule has 84 valence electrons. The van der Waals surface area contributed by atoms with E-state index >= 15 is 0 Å².